The molecule has 7 heteroatoms. The van der Waals surface area contributed by atoms with Crippen molar-refractivity contribution in [1.29, 1.82) is 0 Å². The van der Waals surface area contributed by atoms with Crippen LogP contribution < -0.4 is 4.72 Å². The molecule has 1 atom stereocenters. The van der Waals surface area contributed by atoms with Gasteiger partial charge in [0.05, 0.1) is 11.5 Å². The molecule has 0 aromatic heterocycles. The molecule has 114 valence electrons. The molecule has 0 aliphatic heterocycles. The van der Waals surface area contributed by atoms with Crippen LogP contribution in [0.2, 0.25) is 0 Å². The van der Waals surface area contributed by atoms with E-state index >= 15 is 0 Å². The highest BCUT2D eigenvalue weighted by Gasteiger charge is 2.22. The van der Waals surface area contributed by atoms with E-state index in [0.29, 0.717) is 5.56 Å². The third-order valence-electron chi connectivity index (χ3n) is 2.43. The normalized spacial score (nSPS) is 12.1. The standard InChI is InChI=1S/C14H17NO5S/c1-3-20-14(17)11(2)15-21(18,19)13-8-4-6-12(10-13)7-5-9-16/h4,6,8,10-11,15-16H,3,9H2,1-2H3. The fraction of sp³-hybridized carbons (Fsp3) is 0.357. The first-order valence-electron chi connectivity index (χ1n) is 6.29. The van der Waals surface area contributed by atoms with E-state index in [2.05, 4.69) is 16.6 Å². The topological polar surface area (TPSA) is 92.7 Å². The molecular formula is C14H17NO5S. The van der Waals surface area contributed by atoms with Crippen LogP contribution in [0, 0.1) is 11.8 Å². The molecule has 1 aromatic carbocycles. The molecule has 0 heterocycles. The molecule has 2 N–H and O–H groups in total. The van der Waals surface area contributed by atoms with Crippen LogP contribution in [-0.2, 0) is 19.6 Å². The second-order valence-electron chi connectivity index (χ2n) is 4.08. The molecule has 1 rings (SSSR count). The minimum absolute atomic E-state index is 0.0108. The van der Waals surface area contributed by atoms with Gasteiger partial charge in [-0.15, -0.1) is 0 Å². The highest BCUT2D eigenvalue weighted by atomic mass is 32.2. The maximum absolute atomic E-state index is 12.2. The number of hydrogen-bond donors (Lipinski definition) is 2. The lowest BCUT2D eigenvalue weighted by atomic mass is 10.2. The molecule has 0 bridgehead atoms. The molecule has 0 spiro atoms. The van der Waals surface area contributed by atoms with E-state index in [0.717, 1.165) is 0 Å². The van der Waals surface area contributed by atoms with E-state index in [-0.39, 0.29) is 18.1 Å². The van der Waals surface area contributed by atoms with E-state index in [1.165, 1.54) is 25.1 Å². The fourth-order valence-corrected chi connectivity index (χ4v) is 2.74. The maximum Gasteiger partial charge on any atom is 0.323 e. The molecule has 0 amide bonds. The number of carbonyl (C=O) groups is 1. The zero-order valence-corrected chi connectivity index (χ0v) is 12.6. The van der Waals surface area contributed by atoms with Gasteiger partial charge >= 0.3 is 5.97 Å². The summed E-state index contributed by atoms with van der Waals surface area (Å²) in [5, 5.41) is 8.63. The van der Waals surface area contributed by atoms with E-state index in [4.69, 9.17) is 9.84 Å². The van der Waals surface area contributed by atoms with Gasteiger partial charge in [-0.2, -0.15) is 4.72 Å². The van der Waals surface area contributed by atoms with Crippen LogP contribution in [0.5, 0.6) is 0 Å². The van der Waals surface area contributed by atoms with Gasteiger partial charge in [0.1, 0.15) is 12.6 Å². The van der Waals surface area contributed by atoms with Gasteiger partial charge in [-0.1, -0.05) is 17.9 Å². The predicted octanol–water partition coefficient (Wildman–Crippen LogP) is 0.260. The number of sulfonamides is 1. The molecule has 21 heavy (non-hydrogen) atoms. The van der Waals surface area contributed by atoms with Gasteiger partial charge in [-0.25, -0.2) is 8.42 Å². The summed E-state index contributed by atoms with van der Waals surface area (Å²) >= 11 is 0. The molecular weight excluding hydrogens is 294 g/mol. The summed E-state index contributed by atoms with van der Waals surface area (Å²) < 4.78 is 31.3. The number of rotatable bonds is 5. The van der Waals surface area contributed by atoms with Crippen molar-refractivity contribution in [3.8, 4) is 11.8 Å². The quantitative estimate of drug-likeness (QED) is 0.601. The van der Waals surface area contributed by atoms with Crippen LogP contribution >= 0.6 is 0 Å². The van der Waals surface area contributed by atoms with Crippen LogP contribution in [0.4, 0.5) is 0 Å². The fourth-order valence-electron chi connectivity index (χ4n) is 1.50. The smallest absolute Gasteiger partial charge is 0.323 e. The summed E-state index contributed by atoms with van der Waals surface area (Å²) in [6.07, 6.45) is 0. The third kappa shape index (κ3) is 5.19. The van der Waals surface area contributed by atoms with E-state index in [1.54, 1.807) is 13.0 Å². The Bertz CT molecular complexity index is 657. The lowest BCUT2D eigenvalue weighted by Gasteiger charge is -2.13. The zero-order chi connectivity index (χ0) is 15.9. The van der Waals surface area contributed by atoms with Crippen molar-refractivity contribution >= 4 is 16.0 Å². The molecule has 1 unspecified atom stereocenters. The van der Waals surface area contributed by atoms with Crippen molar-refractivity contribution in [2.45, 2.75) is 24.8 Å². The zero-order valence-electron chi connectivity index (χ0n) is 11.8. The van der Waals surface area contributed by atoms with E-state index in [1.807, 2.05) is 0 Å². The van der Waals surface area contributed by atoms with Gasteiger partial charge in [-0.05, 0) is 32.0 Å². The van der Waals surface area contributed by atoms with Gasteiger partial charge < -0.3 is 9.84 Å². The molecule has 0 saturated carbocycles. The number of hydrogen-bond acceptors (Lipinski definition) is 5. The second kappa shape index (κ2) is 7.78. The summed E-state index contributed by atoms with van der Waals surface area (Å²) in [4.78, 5) is 11.5. The average molecular weight is 311 g/mol. The Hall–Kier alpha value is -1.88. The second-order valence-corrected chi connectivity index (χ2v) is 5.80. The van der Waals surface area contributed by atoms with Crippen molar-refractivity contribution < 1.29 is 23.1 Å². The van der Waals surface area contributed by atoms with Crippen molar-refractivity contribution in [3.05, 3.63) is 29.8 Å². The lowest BCUT2D eigenvalue weighted by Crippen LogP contribution is -2.39. The Morgan fingerprint density at radius 3 is 2.81 bits per heavy atom. The largest absolute Gasteiger partial charge is 0.465 e. The number of carbonyl (C=O) groups excluding carboxylic acids is 1. The lowest BCUT2D eigenvalue weighted by molar-refractivity contribution is -0.144. The number of aliphatic hydroxyl groups excluding tert-OH is 1. The summed E-state index contributed by atoms with van der Waals surface area (Å²) in [6.45, 7) is 2.92. The van der Waals surface area contributed by atoms with Crippen molar-refractivity contribution in [3.63, 3.8) is 0 Å². The highest BCUT2D eigenvalue weighted by molar-refractivity contribution is 7.89. The third-order valence-corrected chi connectivity index (χ3v) is 3.97. The van der Waals surface area contributed by atoms with Gasteiger partial charge in [0.25, 0.3) is 0 Å². The SMILES string of the molecule is CCOC(=O)C(C)NS(=O)(=O)c1cccc(C#CCO)c1. The Labute approximate surface area is 124 Å². The van der Waals surface area contributed by atoms with Gasteiger partial charge in [-0.3, -0.25) is 4.79 Å². The van der Waals surface area contributed by atoms with Gasteiger partial charge in [0, 0.05) is 5.56 Å². The van der Waals surface area contributed by atoms with Crippen molar-refractivity contribution in [2.24, 2.45) is 0 Å². The van der Waals surface area contributed by atoms with Crippen LogP contribution in [0.25, 0.3) is 0 Å². The number of ether oxygens (including phenoxy) is 1. The van der Waals surface area contributed by atoms with E-state index < -0.39 is 22.0 Å². The van der Waals surface area contributed by atoms with Crippen LogP contribution in [0.1, 0.15) is 19.4 Å². The molecule has 0 aliphatic carbocycles. The van der Waals surface area contributed by atoms with Crippen LogP contribution in [0.3, 0.4) is 0 Å². The molecule has 1 aromatic rings. The Balaban J connectivity index is 2.95. The number of aliphatic hydroxyl groups is 1. The Morgan fingerprint density at radius 1 is 1.48 bits per heavy atom. The predicted molar refractivity (Wildman–Crippen MR) is 76.8 cm³/mol. The Kier molecular flexibility index (Phi) is 6.37. The summed E-state index contributed by atoms with van der Waals surface area (Å²) in [7, 11) is -3.85. The van der Waals surface area contributed by atoms with Crippen molar-refractivity contribution in [2.75, 3.05) is 13.2 Å². The van der Waals surface area contributed by atoms with Crippen LogP contribution in [0.15, 0.2) is 29.2 Å². The first kappa shape index (κ1) is 17.2. The summed E-state index contributed by atoms with van der Waals surface area (Å²) in [5.41, 5.74) is 0.454. The minimum atomic E-state index is -3.85. The molecule has 6 nitrogen and oxygen atoms in total. The first-order valence-corrected chi connectivity index (χ1v) is 7.77. The van der Waals surface area contributed by atoms with Gasteiger partial charge in [0.2, 0.25) is 10.0 Å². The van der Waals surface area contributed by atoms with Gasteiger partial charge in [0.15, 0.2) is 0 Å². The number of nitrogens with one attached hydrogen (secondary N) is 1. The molecule has 0 saturated heterocycles. The number of benzene rings is 1. The first-order chi connectivity index (χ1) is 9.90. The highest BCUT2D eigenvalue weighted by Crippen LogP contribution is 2.11. The maximum atomic E-state index is 12.2. The minimum Gasteiger partial charge on any atom is -0.465 e. The monoisotopic (exact) mass is 311 g/mol. The van der Waals surface area contributed by atoms with Crippen LogP contribution in [-0.4, -0.2) is 38.7 Å². The molecule has 0 radical (unpaired) electrons. The average Bonchev–Trinajstić information content (AvgIpc) is 2.45. The molecule has 0 aliphatic rings. The van der Waals surface area contributed by atoms with E-state index in [9.17, 15) is 13.2 Å². The molecule has 0 fully saturated rings. The Morgan fingerprint density at radius 2 is 2.19 bits per heavy atom. The summed E-state index contributed by atoms with van der Waals surface area (Å²) in [6, 6.07) is 4.93. The number of esters is 1. The van der Waals surface area contributed by atoms with Crippen molar-refractivity contribution in [1.82, 2.24) is 4.72 Å². The summed E-state index contributed by atoms with van der Waals surface area (Å²) in [5.74, 6) is 4.41.